The van der Waals surface area contributed by atoms with E-state index in [1.807, 2.05) is 0 Å². The van der Waals surface area contributed by atoms with Gasteiger partial charge in [-0.15, -0.1) is 0 Å². The average Bonchev–Trinajstić information content (AvgIpc) is 2.87. The molecule has 1 saturated heterocycles. The van der Waals surface area contributed by atoms with E-state index in [2.05, 4.69) is 46.8 Å². The van der Waals surface area contributed by atoms with E-state index in [1.165, 1.54) is 18.4 Å². The fraction of sp³-hybridized carbons (Fsp3) is 0.800. The topological polar surface area (TPSA) is 32.8 Å². The zero-order chi connectivity index (χ0) is 16.1. The third kappa shape index (κ3) is 2.92. The summed E-state index contributed by atoms with van der Waals surface area (Å²) < 4.78 is 6.04. The molecule has 2 nitrogen and oxygen atoms in total. The molecule has 5 atom stereocenters. The van der Waals surface area contributed by atoms with Crippen LogP contribution in [0.2, 0.25) is 0 Å². The molecule has 2 heteroatoms. The highest BCUT2D eigenvalue weighted by atomic mass is 16.6. The predicted octanol–water partition coefficient (Wildman–Crippen LogP) is 4.63. The monoisotopic (exact) mass is 304 g/mol. The van der Waals surface area contributed by atoms with Crippen LogP contribution in [0.15, 0.2) is 23.3 Å². The zero-order valence-corrected chi connectivity index (χ0v) is 14.9. The SMILES string of the molecule is CC1=CC(O)CC2(C)OC2CC2(C)CC=C(C(C)C)C2CC1. The van der Waals surface area contributed by atoms with Gasteiger partial charge in [-0.2, -0.15) is 0 Å². The fourth-order valence-corrected chi connectivity index (χ4v) is 4.83. The van der Waals surface area contributed by atoms with Crippen molar-refractivity contribution in [3.8, 4) is 0 Å². The highest BCUT2D eigenvalue weighted by Gasteiger charge is 2.56. The normalized spacial score (nSPS) is 45.5. The Hall–Kier alpha value is -0.600. The summed E-state index contributed by atoms with van der Waals surface area (Å²) in [6, 6.07) is 0. The number of ether oxygens (including phenoxy) is 1. The van der Waals surface area contributed by atoms with Crippen molar-refractivity contribution in [2.45, 2.75) is 84.5 Å². The van der Waals surface area contributed by atoms with E-state index < -0.39 is 0 Å². The second kappa shape index (κ2) is 5.49. The number of rotatable bonds is 1. The van der Waals surface area contributed by atoms with Crippen LogP contribution < -0.4 is 0 Å². The summed E-state index contributed by atoms with van der Waals surface area (Å²) in [6.07, 6.45) is 9.89. The van der Waals surface area contributed by atoms with Crippen molar-refractivity contribution in [2.24, 2.45) is 17.3 Å². The quantitative estimate of drug-likeness (QED) is 0.566. The van der Waals surface area contributed by atoms with Gasteiger partial charge in [0.2, 0.25) is 0 Å². The Bertz CT molecular complexity index is 504. The van der Waals surface area contributed by atoms with Crippen molar-refractivity contribution >= 4 is 0 Å². The molecule has 0 amide bonds. The first kappa shape index (κ1) is 16.3. The molecule has 0 aromatic heterocycles. The highest BCUT2D eigenvalue weighted by Crippen LogP contribution is 2.56. The minimum absolute atomic E-state index is 0.116. The van der Waals surface area contributed by atoms with E-state index in [4.69, 9.17) is 4.74 Å². The Labute approximate surface area is 135 Å². The van der Waals surface area contributed by atoms with Crippen molar-refractivity contribution in [3.05, 3.63) is 23.3 Å². The van der Waals surface area contributed by atoms with Crippen LogP contribution in [0.5, 0.6) is 0 Å². The van der Waals surface area contributed by atoms with Crippen molar-refractivity contribution < 1.29 is 9.84 Å². The van der Waals surface area contributed by atoms with Gasteiger partial charge in [0.1, 0.15) is 0 Å². The minimum Gasteiger partial charge on any atom is -0.389 e. The van der Waals surface area contributed by atoms with Gasteiger partial charge < -0.3 is 9.84 Å². The molecular weight excluding hydrogens is 272 g/mol. The lowest BCUT2D eigenvalue weighted by atomic mass is 9.69. The summed E-state index contributed by atoms with van der Waals surface area (Å²) in [4.78, 5) is 0. The maximum absolute atomic E-state index is 10.3. The van der Waals surface area contributed by atoms with Crippen LogP contribution in [0.3, 0.4) is 0 Å². The maximum Gasteiger partial charge on any atom is 0.0948 e. The lowest BCUT2D eigenvalue weighted by Gasteiger charge is -2.35. The van der Waals surface area contributed by atoms with Crippen LogP contribution in [0.25, 0.3) is 0 Å². The number of aliphatic hydroxyl groups excluding tert-OH is 1. The fourth-order valence-electron chi connectivity index (χ4n) is 4.83. The summed E-state index contributed by atoms with van der Waals surface area (Å²) in [5.41, 5.74) is 3.19. The van der Waals surface area contributed by atoms with Gasteiger partial charge in [0.05, 0.1) is 17.8 Å². The van der Waals surface area contributed by atoms with Crippen molar-refractivity contribution in [1.82, 2.24) is 0 Å². The lowest BCUT2D eigenvalue weighted by Crippen LogP contribution is -2.29. The van der Waals surface area contributed by atoms with Gasteiger partial charge in [0.25, 0.3) is 0 Å². The number of epoxide rings is 1. The molecule has 124 valence electrons. The maximum atomic E-state index is 10.3. The molecule has 1 heterocycles. The van der Waals surface area contributed by atoms with Crippen LogP contribution >= 0.6 is 0 Å². The molecule has 0 radical (unpaired) electrons. The van der Waals surface area contributed by atoms with Crippen molar-refractivity contribution in [3.63, 3.8) is 0 Å². The van der Waals surface area contributed by atoms with Crippen molar-refractivity contribution in [2.75, 3.05) is 0 Å². The van der Waals surface area contributed by atoms with Crippen LogP contribution in [-0.2, 0) is 4.74 Å². The van der Waals surface area contributed by atoms with Crippen molar-refractivity contribution in [1.29, 1.82) is 0 Å². The molecule has 0 bridgehead atoms. The van der Waals surface area contributed by atoms with Gasteiger partial charge in [-0.1, -0.05) is 44.1 Å². The molecule has 2 aliphatic carbocycles. The number of fused-ring (bicyclic) bond motifs is 2. The first-order valence-corrected chi connectivity index (χ1v) is 8.97. The number of aliphatic hydroxyl groups is 1. The van der Waals surface area contributed by atoms with Gasteiger partial charge in [0, 0.05) is 6.42 Å². The van der Waals surface area contributed by atoms with Gasteiger partial charge in [0.15, 0.2) is 0 Å². The van der Waals surface area contributed by atoms with E-state index in [0.717, 1.165) is 19.3 Å². The van der Waals surface area contributed by atoms with E-state index >= 15 is 0 Å². The van der Waals surface area contributed by atoms with Crippen LogP contribution in [0.1, 0.15) is 66.7 Å². The van der Waals surface area contributed by atoms with E-state index in [-0.39, 0.29) is 11.7 Å². The minimum atomic E-state index is -0.360. The first-order valence-electron chi connectivity index (χ1n) is 8.97. The molecule has 1 aliphatic heterocycles. The number of hydrogen-bond acceptors (Lipinski definition) is 2. The molecule has 0 saturated carbocycles. The summed E-state index contributed by atoms with van der Waals surface area (Å²) in [5.74, 6) is 1.30. The van der Waals surface area contributed by atoms with E-state index in [0.29, 0.717) is 23.4 Å². The van der Waals surface area contributed by atoms with Gasteiger partial charge in [-0.05, 0) is 56.8 Å². The van der Waals surface area contributed by atoms with Gasteiger partial charge in [-0.25, -0.2) is 0 Å². The third-order valence-corrected chi connectivity index (χ3v) is 6.32. The largest absolute Gasteiger partial charge is 0.389 e. The molecule has 3 rings (SSSR count). The predicted molar refractivity (Wildman–Crippen MR) is 90.6 cm³/mol. The average molecular weight is 304 g/mol. The molecule has 22 heavy (non-hydrogen) atoms. The molecule has 1 N–H and O–H groups in total. The summed E-state index contributed by atoms with van der Waals surface area (Å²) in [6.45, 7) is 11.4. The van der Waals surface area contributed by atoms with Gasteiger partial charge in [-0.3, -0.25) is 0 Å². The molecule has 5 unspecified atom stereocenters. The molecule has 0 spiro atoms. The third-order valence-electron chi connectivity index (χ3n) is 6.32. The Morgan fingerprint density at radius 2 is 2.00 bits per heavy atom. The Morgan fingerprint density at radius 1 is 1.27 bits per heavy atom. The summed E-state index contributed by atoms with van der Waals surface area (Å²) in [5, 5.41) is 10.3. The molecule has 0 aromatic carbocycles. The van der Waals surface area contributed by atoms with Crippen LogP contribution in [0.4, 0.5) is 0 Å². The first-order chi connectivity index (χ1) is 10.2. The molecule has 1 fully saturated rings. The Kier molecular flexibility index (Phi) is 4.06. The molecular formula is C20H32O2. The summed E-state index contributed by atoms with van der Waals surface area (Å²) >= 11 is 0. The second-order valence-corrected chi connectivity index (χ2v) is 8.72. The molecule has 0 aromatic rings. The number of hydrogen-bond donors (Lipinski definition) is 1. The standard InChI is InChI=1S/C20H32O2/c1-13(2)16-8-9-19(4)12-18-20(5,22-18)11-15(21)10-14(3)6-7-17(16)19/h8,10,13,15,17-18,21H,6-7,9,11-12H2,1-5H3. The van der Waals surface area contributed by atoms with E-state index in [1.54, 1.807) is 5.57 Å². The Morgan fingerprint density at radius 3 is 2.68 bits per heavy atom. The zero-order valence-electron chi connectivity index (χ0n) is 14.9. The second-order valence-electron chi connectivity index (χ2n) is 8.72. The van der Waals surface area contributed by atoms with Crippen LogP contribution in [0, 0.1) is 17.3 Å². The molecule has 3 aliphatic rings. The van der Waals surface area contributed by atoms with Gasteiger partial charge >= 0.3 is 0 Å². The smallest absolute Gasteiger partial charge is 0.0948 e. The van der Waals surface area contributed by atoms with E-state index in [9.17, 15) is 5.11 Å². The number of allylic oxidation sites excluding steroid dienone is 3. The lowest BCUT2D eigenvalue weighted by molar-refractivity contribution is 0.162. The Balaban J connectivity index is 1.88. The highest BCUT2D eigenvalue weighted by molar-refractivity contribution is 5.23. The van der Waals surface area contributed by atoms with Crippen LogP contribution in [-0.4, -0.2) is 22.9 Å². The summed E-state index contributed by atoms with van der Waals surface area (Å²) in [7, 11) is 0.